The maximum atomic E-state index is 13.2. The van der Waals surface area contributed by atoms with Crippen molar-refractivity contribution in [2.75, 3.05) is 27.4 Å². The van der Waals surface area contributed by atoms with Crippen molar-refractivity contribution in [3.8, 4) is 17.2 Å². The van der Waals surface area contributed by atoms with Crippen molar-refractivity contribution in [1.29, 1.82) is 0 Å². The lowest BCUT2D eigenvalue weighted by molar-refractivity contribution is 0.0513. The molecule has 0 fully saturated rings. The van der Waals surface area contributed by atoms with Crippen LogP contribution in [0.2, 0.25) is 0 Å². The van der Waals surface area contributed by atoms with E-state index in [9.17, 15) is 9.59 Å². The molecule has 2 heterocycles. The fraction of sp³-hybridized carbons (Fsp3) is 0.292. The zero-order chi connectivity index (χ0) is 22.7. The molecule has 0 atom stereocenters. The van der Waals surface area contributed by atoms with Gasteiger partial charge in [-0.1, -0.05) is 18.2 Å². The van der Waals surface area contributed by atoms with Gasteiger partial charge in [-0.2, -0.15) is 5.10 Å². The van der Waals surface area contributed by atoms with Gasteiger partial charge in [-0.25, -0.2) is 9.48 Å². The SMILES string of the molecule is CCOC(=O)c1nn(-c2ccccc2)c2c1CN(C(=O)c1ccc(OC)c(OC)c1)CC2. The third-order valence-corrected chi connectivity index (χ3v) is 5.44. The van der Waals surface area contributed by atoms with Crippen molar-refractivity contribution in [2.24, 2.45) is 0 Å². The standard InChI is InChI=1S/C24H25N3O5/c1-4-32-24(29)22-18-15-26(23(28)16-10-11-20(30-2)21(14-16)31-3)13-12-19(18)27(25-22)17-8-6-5-7-9-17/h5-11,14H,4,12-13,15H2,1-3H3. The van der Waals surface area contributed by atoms with E-state index in [0.717, 1.165) is 11.4 Å². The third-order valence-electron chi connectivity index (χ3n) is 5.44. The molecule has 2 aromatic carbocycles. The highest BCUT2D eigenvalue weighted by Crippen LogP contribution is 2.30. The number of para-hydroxylation sites is 1. The molecule has 0 unspecified atom stereocenters. The second-order valence-electron chi connectivity index (χ2n) is 7.29. The Labute approximate surface area is 186 Å². The van der Waals surface area contributed by atoms with Crippen molar-refractivity contribution < 1.29 is 23.8 Å². The van der Waals surface area contributed by atoms with Crippen LogP contribution in [-0.4, -0.2) is 53.9 Å². The van der Waals surface area contributed by atoms with Gasteiger partial charge in [0.2, 0.25) is 0 Å². The van der Waals surface area contributed by atoms with E-state index in [4.69, 9.17) is 14.2 Å². The summed E-state index contributed by atoms with van der Waals surface area (Å²) in [7, 11) is 3.08. The summed E-state index contributed by atoms with van der Waals surface area (Å²) in [4.78, 5) is 27.6. The highest BCUT2D eigenvalue weighted by molar-refractivity contribution is 5.95. The fourth-order valence-corrected chi connectivity index (χ4v) is 3.89. The molecular weight excluding hydrogens is 410 g/mol. The van der Waals surface area contributed by atoms with E-state index in [1.807, 2.05) is 30.3 Å². The Morgan fingerprint density at radius 2 is 1.78 bits per heavy atom. The number of carbonyl (C=O) groups excluding carboxylic acids is 2. The van der Waals surface area contributed by atoms with E-state index in [2.05, 4.69) is 5.10 Å². The van der Waals surface area contributed by atoms with Crippen molar-refractivity contribution in [3.63, 3.8) is 0 Å². The Morgan fingerprint density at radius 3 is 2.47 bits per heavy atom. The molecule has 166 valence electrons. The van der Waals surface area contributed by atoms with Crippen LogP contribution in [0.1, 0.15) is 39.0 Å². The van der Waals surface area contributed by atoms with Gasteiger partial charge in [0.25, 0.3) is 5.91 Å². The number of amides is 1. The summed E-state index contributed by atoms with van der Waals surface area (Å²) in [6.45, 7) is 2.77. The van der Waals surface area contributed by atoms with Gasteiger partial charge < -0.3 is 19.1 Å². The molecule has 1 aliphatic rings. The van der Waals surface area contributed by atoms with E-state index in [0.29, 0.717) is 35.6 Å². The number of hydrogen-bond acceptors (Lipinski definition) is 6. The molecule has 0 saturated heterocycles. The maximum Gasteiger partial charge on any atom is 0.359 e. The molecule has 0 radical (unpaired) electrons. The number of fused-ring (bicyclic) bond motifs is 1. The Balaban J connectivity index is 1.69. The molecule has 3 aromatic rings. The van der Waals surface area contributed by atoms with Gasteiger partial charge in [-0.15, -0.1) is 0 Å². The Kier molecular flexibility index (Phi) is 6.11. The molecule has 4 rings (SSSR count). The van der Waals surface area contributed by atoms with E-state index in [1.165, 1.54) is 7.11 Å². The second kappa shape index (κ2) is 9.13. The van der Waals surface area contributed by atoms with Crippen molar-refractivity contribution in [1.82, 2.24) is 14.7 Å². The molecule has 0 N–H and O–H groups in total. The average molecular weight is 435 g/mol. The lowest BCUT2D eigenvalue weighted by Crippen LogP contribution is -2.36. The normalized spacial score (nSPS) is 12.8. The second-order valence-corrected chi connectivity index (χ2v) is 7.29. The molecule has 0 aliphatic carbocycles. The first-order chi connectivity index (χ1) is 15.6. The van der Waals surface area contributed by atoms with E-state index in [1.54, 1.807) is 41.8 Å². The zero-order valence-electron chi connectivity index (χ0n) is 18.3. The predicted octanol–water partition coefficient (Wildman–Crippen LogP) is 3.26. The average Bonchev–Trinajstić information content (AvgIpc) is 3.23. The van der Waals surface area contributed by atoms with Gasteiger partial charge in [0.15, 0.2) is 17.2 Å². The molecule has 8 nitrogen and oxygen atoms in total. The number of hydrogen-bond donors (Lipinski definition) is 0. The Bertz CT molecular complexity index is 1140. The van der Waals surface area contributed by atoms with Gasteiger partial charge in [-0.05, 0) is 37.3 Å². The van der Waals surface area contributed by atoms with E-state index >= 15 is 0 Å². The first kappa shape index (κ1) is 21.4. The van der Waals surface area contributed by atoms with Crippen molar-refractivity contribution in [3.05, 3.63) is 71.0 Å². The highest BCUT2D eigenvalue weighted by Gasteiger charge is 2.31. The number of aromatic nitrogens is 2. The highest BCUT2D eigenvalue weighted by atomic mass is 16.5. The van der Waals surface area contributed by atoms with Crippen LogP contribution in [0.5, 0.6) is 11.5 Å². The fourth-order valence-electron chi connectivity index (χ4n) is 3.89. The molecule has 1 amide bonds. The largest absolute Gasteiger partial charge is 0.493 e. The lowest BCUT2D eigenvalue weighted by atomic mass is 10.0. The van der Waals surface area contributed by atoms with Crippen LogP contribution in [0.4, 0.5) is 0 Å². The van der Waals surface area contributed by atoms with Gasteiger partial charge in [0.1, 0.15) is 0 Å². The lowest BCUT2D eigenvalue weighted by Gasteiger charge is -2.28. The number of rotatable bonds is 6. The molecule has 8 heteroatoms. The molecule has 0 spiro atoms. The van der Waals surface area contributed by atoms with E-state index < -0.39 is 5.97 Å². The quantitative estimate of drug-likeness (QED) is 0.553. The molecule has 32 heavy (non-hydrogen) atoms. The van der Waals surface area contributed by atoms with Crippen molar-refractivity contribution >= 4 is 11.9 Å². The molecule has 0 saturated carbocycles. The smallest absolute Gasteiger partial charge is 0.359 e. The monoisotopic (exact) mass is 435 g/mol. The first-order valence-corrected chi connectivity index (χ1v) is 10.4. The minimum atomic E-state index is -0.487. The molecule has 0 bridgehead atoms. The molecular formula is C24H25N3O5. The van der Waals surface area contributed by atoms with Gasteiger partial charge >= 0.3 is 5.97 Å². The number of benzene rings is 2. The van der Waals surface area contributed by atoms with Gasteiger partial charge in [0.05, 0.1) is 38.8 Å². The van der Waals surface area contributed by atoms with Crippen LogP contribution in [0.15, 0.2) is 48.5 Å². The topological polar surface area (TPSA) is 82.9 Å². The predicted molar refractivity (Wildman–Crippen MR) is 118 cm³/mol. The zero-order valence-corrected chi connectivity index (χ0v) is 18.3. The van der Waals surface area contributed by atoms with Gasteiger partial charge in [-0.3, -0.25) is 4.79 Å². The van der Waals surface area contributed by atoms with Crippen LogP contribution in [0, 0.1) is 0 Å². The summed E-state index contributed by atoms with van der Waals surface area (Å²) < 4.78 is 17.6. The number of ether oxygens (including phenoxy) is 3. The summed E-state index contributed by atoms with van der Waals surface area (Å²) in [5.74, 6) is 0.400. The minimum Gasteiger partial charge on any atom is -0.493 e. The first-order valence-electron chi connectivity index (χ1n) is 10.4. The minimum absolute atomic E-state index is 0.154. The summed E-state index contributed by atoms with van der Waals surface area (Å²) in [6, 6.07) is 14.7. The van der Waals surface area contributed by atoms with Crippen LogP contribution < -0.4 is 9.47 Å². The number of nitrogens with zero attached hydrogens (tertiary/aromatic N) is 3. The van der Waals surface area contributed by atoms with Crippen LogP contribution in [0.25, 0.3) is 5.69 Å². The van der Waals surface area contributed by atoms with Gasteiger partial charge in [0, 0.05) is 24.1 Å². The van der Waals surface area contributed by atoms with E-state index in [-0.39, 0.29) is 24.8 Å². The Hall–Kier alpha value is -3.81. The number of methoxy groups -OCH3 is 2. The molecule has 1 aliphatic heterocycles. The molecule has 1 aromatic heterocycles. The third kappa shape index (κ3) is 3.91. The summed E-state index contributed by atoms with van der Waals surface area (Å²) in [5.41, 5.74) is 3.22. The van der Waals surface area contributed by atoms with Crippen LogP contribution in [0.3, 0.4) is 0 Å². The van der Waals surface area contributed by atoms with Crippen LogP contribution >= 0.6 is 0 Å². The summed E-state index contributed by atoms with van der Waals surface area (Å²) in [5, 5.41) is 4.56. The number of esters is 1. The number of carbonyl (C=O) groups is 2. The summed E-state index contributed by atoms with van der Waals surface area (Å²) in [6.07, 6.45) is 0.565. The maximum absolute atomic E-state index is 13.2. The summed E-state index contributed by atoms with van der Waals surface area (Å²) >= 11 is 0. The van der Waals surface area contributed by atoms with Crippen LogP contribution in [-0.2, 0) is 17.7 Å². The Morgan fingerprint density at radius 1 is 1.03 bits per heavy atom. The van der Waals surface area contributed by atoms with Crippen molar-refractivity contribution in [2.45, 2.75) is 19.9 Å².